The number of hydrogen-bond acceptors (Lipinski definition) is 10. The second-order valence-electron chi connectivity index (χ2n) is 13.9. The summed E-state index contributed by atoms with van der Waals surface area (Å²) in [6.07, 6.45) is 1.41. The zero-order valence-electron chi connectivity index (χ0n) is 29.1. The molecule has 0 bridgehead atoms. The van der Waals surface area contributed by atoms with Crippen LogP contribution in [0.15, 0.2) is 72.8 Å². The van der Waals surface area contributed by atoms with Gasteiger partial charge in [0.25, 0.3) is 0 Å². The van der Waals surface area contributed by atoms with Gasteiger partial charge in [-0.25, -0.2) is 4.79 Å². The van der Waals surface area contributed by atoms with E-state index >= 15 is 0 Å². The van der Waals surface area contributed by atoms with E-state index in [4.69, 9.17) is 30.5 Å². The van der Waals surface area contributed by atoms with E-state index in [2.05, 4.69) is 31.7 Å². The second-order valence-corrected chi connectivity index (χ2v) is 14.3. The number of aromatic hydroxyl groups is 1. The standard InChI is InChI=1S/C40H39ClN2O8/c1-23-21-39(3,4)43(18-8-11-35(46)49-22-48-24(2)44)37-27(23)16-17-33-36(37)40(29-10-7-6-9-28(29)38(47)51-40)30-19-31(41)32(20-34(30)50-33)42(5)25-12-14-26(45)15-13-25/h6-7,9-10,12-17,19-20,23,45H,8,11,18,21-22H2,1-5H3. The number of anilines is 3. The highest BCUT2D eigenvalue weighted by atomic mass is 35.5. The number of halogens is 1. The SMILES string of the molecule is CC(=O)OCOC(=O)CCCN1c2c(ccc3c2C2(OC(=O)c4ccccc42)c2cc(Cl)c(N(C)c4ccc(O)cc4)cc2O3)C(C)CC1(C)C. The van der Waals surface area contributed by atoms with E-state index in [1.165, 1.54) is 6.92 Å². The molecule has 1 N–H and O–H groups in total. The van der Waals surface area contributed by atoms with Crippen molar-refractivity contribution >= 4 is 46.6 Å². The number of phenols is 1. The Kier molecular flexibility index (Phi) is 8.62. The quantitative estimate of drug-likeness (QED) is 0.141. The predicted molar refractivity (Wildman–Crippen MR) is 192 cm³/mol. The molecule has 2 atom stereocenters. The normalized spacial score (nSPS) is 19.2. The van der Waals surface area contributed by atoms with Crippen LogP contribution in [0.4, 0.5) is 17.1 Å². The van der Waals surface area contributed by atoms with Gasteiger partial charge in [-0.15, -0.1) is 0 Å². The Morgan fingerprint density at radius 2 is 1.76 bits per heavy atom. The van der Waals surface area contributed by atoms with Crippen molar-refractivity contribution in [1.29, 1.82) is 0 Å². The molecular formula is C40H39ClN2O8. The summed E-state index contributed by atoms with van der Waals surface area (Å²) >= 11 is 7.11. The van der Waals surface area contributed by atoms with Crippen molar-refractivity contribution in [3.8, 4) is 17.2 Å². The Morgan fingerprint density at radius 3 is 2.51 bits per heavy atom. The first-order chi connectivity index (χ1) is 24.3. The largest absolute Gasteiger partial charge is 0.508 e. The van der Waals surface area contributed by atoms with Crippen LogP contribution >= 0.6 is 11.6 Å². The number of benzene rings is 4. The molecule has 0 saturated carbocycles. The summed E-state index contributed by atoms with van der Waals surface area (Å²) < 4.78 is 23.3. The molecule has 4 aromatic carbocycles. The van der Waals surface area contributed by atoms with Gasteiger partial charge in [0.2, 0.25) is 6.79 Å². The molecule has 0 aromatic heterocycles. The van der Waals surface area contributed by atoms with Gasteiger partial charge in [0, 0.05) is 55.4 Å². The highest BCUT2D eigenvalue weighted by Crippen LogP contribution is 2.62. The average Bonchev–Trinajstić information content (AvgIpc) is 3.37. The summed E-state index contributed by atoms with van der Waals surface area (Å²) in [4.78, 5) is 41.7. The summed E-state index contributed by atoms with van der Waals surface area (Å²) in [6.45, 7) is 7.86. The molecule has 0 amide bonds. The van der Waals surface area contributed by atoms with Crippen molar-refractivity contribution in [1.82, 2.24) is 0 Å². The van der Waals surface area contributed by atoms with Crippen molar-refractivity contribution in [2.24, 2.45) is 0 Å². The van der Waals surface area contributed by atoms with Crippen LogP contribution in [0.5, 0.6) is 17.2 Å². The van der Waals surface area contributed by atoms with E-state index in [-0.39, 0.29) is 23.6 Å². The van der Waals surface area contributed by atoms with Gasteiger partial charge >= 0.3 is 17.9 Å². The van der Waals surface area contributed by atoms with Crippen LogP contribution in [-0.2, 0) is 29.4 Å². The van der Waals surface area contributed by atoms with Crippen molar-refractivity contribution in [2.75, 3.05) is 30.2 Å². The minimum atomic E-state index is -1.39. The first-order valence-corrected chi connectivity index (χ1v) is 17.3. The summed E-state index contributed by atoms with van der Waals surface area (Å²) in [6, 6.07) is 21.9. The minimum Gasteiger partial charge on any atom is -0.508 e. The summed E-state index contributed by atoms with van der Waals surface area (Å²) in [5.41, 5.74) is 4.12. The first kappa shape index (κ1) is 34.2. The summed E-state index contributed by atoms with van der Waals surface area (Å²) in [5.74, 6) is -0.105. The lowest BCUT2D eigenvalue weighted by Gasteiger charge is -2.51. The number of carbonyl (C=O) groups is 3. The number of hydrogen-bond donors (Lipinski definition) is 1. The highest BCUT2D eigenvalue weighted by molar-refractivity contribution is 6.33. The Bertz CT molecular complexity index is 2060. The fraction of sp³-hybridized carbons (Fsp3) is 0.325. The summed E-state index contributed by atoms with van der Waals surface area (Å²) in [7, 11) is 1.88. The van der Waals surface area contributed by atoms with Gasteiger partial charge in [0.05, 0.1) is 27.5 Å². The third kappa shape index (κ3) is 5.81. The molecular weight excluding hydrogens is 672 g/mol. The lowest BCUT2D eigenvalue weighted by molar-refractivity contribution is -0.165. The van der Waals surface area contributed by atoms with Crippen LogP contribution in [0.1, 0.15) is 85.5 Å². The van der Waals surface area contributed by atoms with Crippen LogP contribution in [0.3, 0.4) is 0 Å². The van der Waals surface area contributed by atoms with Crippen molar-refractivity contribution in [2.45, 2.75) is 64.0 Å². The zero-order chi connectivity index (χ0) is 36.2. The summed E-state index contributed by atoms with van der Waals surface area (Å²) in [5, 5.41) is 10.3. The predicted octanol–water partition coefficient (Wildman–Crippen LogP) is 8.32. The van der Waals surface area contributed by atoms with Crippen LogP contribution in [-0.4, -0.2) is 48.9 Å². The number of esters is 3. The highest BCUT2D eigenvalue weighted by Gasteiger charge is 2.57. The Morgan fingerprint density at radius 1 is 1.02 bits per heavy atom. The molecule has 7 rings (SSSR count). The average molecular weight is 711 g/mol. The van der Waals surface area contributed by atoms with Crippen molar-refractivity contribution in [3.05, 3.63) is 106 Å². The smallest absolute Gasteiger partial charge is 0.340 e. The Balaban J connectivity index is 1.37. The van der Waals surface area contributed by atoms with Gasteiger partial charge in [-0.05, 0) is 80.6 Å². The third-order valence-electron chi connectivity index (χ3n) is 10.1. The molecule has 2 unspecified atom stereocenters. The van der Waals surface area contributed by atoms with E-state index in [9.17, 15) is 19.5 Å². The number of fused-ring (bicyclic) bond motifs is 8. The molecule has 1 spiro atoms. The second kappa shape index (κ2) is 12.8. The Hall–Kier alpha value is -5.22. The monoisotopic (exact) mass is 710 g/mol. The van der Waals surface area contributed by atoms with Crippen molar-refractivity contribution in [3.63, 3.8) is 0 Å². The maximum Gasteiger partial charge on any atom is 0.340 e. The van der Waals surface area contributed by atoms with Crippen LogP contribution in [0.25, 0.3) is 0 Å². The molecule has 0 radical (unpaired) electrons. The number of rotatable bonds is 8. The molecule has 3 aliphatic heterocycles. The van der Waals surface area contributed by atoms with Crippen LogP contribution in [0.2, 0.25) is 5.02 Å². The molecule has 10 nitrogen and oxygen atoms in total. The third-order valence-corrected chi connectivity index (χ3v) is 10.4. The fourth-order valence-corrected chi connectivity index (χ4v) is 8.14. The molecule has 0 aliphatic carbocycles. The lowest BCUT2D eigenvalue weighted by atomic mass is 9.72. The van der Waals surface area contributed by atoms with Crippen LogP contribution < -0.4 is 14.5 Å². The maximum absolute atomic E-state index is 13.8. The van der Waals surface area contributed by atoms with E-state index in [0.717, 1.165) is 23.4 Å². The number of ether oxygens (including phenoxy) is 4. The first-order valence-electron chi connectivity index (χ1n) is 16.9. The fourth-order valence-electron chi connectivity index (χ4n) is 7.85. The van der Waals surface area contributed by atoms with E-state index in [1.807, 2.05) is 48.3 Å². The van der Waals surface area contributed by atoms with E-state index in [0.29, 0.717) is 57.4 Å². The lowest BCUT2D eigenvalue weighted by Crippen LogP contribution is -2.50. The molecule has 3 aliphatic rings. The maximum atomic E-state index is 13.8. The molecule has 264 valence electrons. The van der Waals surface area contributed by atoms with Gasteiger partial charge in [-0.3, -0.25) is 9.59 Å². The molecule has 0 fully saturated rings. The molecule has 11 heteroatoms. The zero-order valence-corrected chi connectivity index (χ0v) is 29.9. The Labute approximate surface area is 301 Å². The van der Waals surface area contributed by atoms with Gasteiger partial charge in [0.1, 0.15) is 17.2 Å². The van der Waals surface area contributed by atoms with Gasteiger partial charge in [-0.1, -0.05) is 42.8 Å². The van der Waals surface area contributed by atoms with Gasteiger partial charge in [-0.2, -0.15) is 0 Å². The number of nitrogens with zero attached hydrogens (tertiary/aromatic N) is 2. The molecule has 4 aromatic rings. The molecule has 3 heterocycles. The topological polar surface area (TPSA) is 115 Å². The number of phenolic OH excluding ortho intramolecular Hbond substituents is 1. The van der Waals surface area contributed by atoms with E-state index in [1.54, 1.807) is 30.3 Å². The molecule has 51 heavy (non-hydrogen) atoms. The minimum absolute atomic E-state index is 0.114. The van der Waals surface area contributed by atoms with Gasteiger partial charge in [0.15, 0.2) is 5.60 Å². The number of carbonyl (C=O) groups excluding carboxylic acids is 3. The molecule has 0 saturated heterocycles. The van der Waals surface area contributed by atoms with Gasteiger partial charge < -0.3 is 33.9 Å². The van der Waals surface area contributed by atoms with Crippen molar-refractivity contribution < 1.29 is 38.4 Å². The van der Waals surface area contributed by atoms with E-state index < -0.39 is 30.3 Å². The van der Waals surface area contributed by atoms with Crippen LogP contribution in [0, 0.1) is 0 Å².